The number of hydrogen-bond donors (Lipinski definition) is 0. The summed E-state index contributed by atoms with van der Waals surface area (Å²) in [4.78, 5) is 31.9. The Hall–Kier alpha value is -3.02. The average molecular weight is 422 g/mol. The Morgan fingerprint density at radius 1 is 1.00 bits per heavy atom. The maximum Gasteiger partial charge on any atom is 0.228 e. The molecule has 6 nitrogen and oxygen atoms in total. The van der Waals surface area contributed by atoms with Crippen LogP contribution >= 0.6 is 0 Å². The molecule has 0 aliphatic carbocycles. The van der Waals surface area contributed by atoms with E-state index in [-0.39, 0.29) is 24.2 Å². The highest BCUT2D eigenvalue weighted by Crippen LogP contribution is 2.34. The molecule has 2 saturated heterocycles. The number of carbonyl (C=O) groups excluding carboxylic acids is 2. The highest BCUT2D eigenvalue weighted by atomic mass is 16.5. The van der Waals surface area contributed by atoms with Crippen molar-refractivity contribution in [1.29, 1.82) is 0 Å². The lowest BCUT2D eigenvalue weighted by atomic mass is 10.1. The van der Waals surface area contributed by atoms with Crippen LogP contribution in [0.2, 0.25) is 0 Å². The van der Waals surface area contributed by atoms with Crippen molar-refractivity contribution >= 4 is 23.2 Å². The van der Waals surface area contributed by atoms with E-state index < -0.39 is 0 Å². The van der Waals surface area contributed by atoms with E-state index in [4.69, 9.17) is 4.74 Å². The van der Waals surface area contributed by atoms with Crippen LogP contribution in [-0.4, -0.2) is 56.0 Å². The zero-order valence-electron chi connectivity index (χ0n) is 18.6. The van der Waals surface area contributed by atoms with Crippen LogP contribution in [0.1, 0.15) is 24.5 Å². The molecule has 164 valence electrons. The quantitative estimate of drug-likeness (QED) is 0.743. The van der Waals surface area contributed by atoms with E-state index in [0.717, 1.165) is 18.8 Å². The number of anilines is 2. The van der Waals surface area contributed by atoms with E-state index in [1.165, 1.54) is 16.8 Å². The minimum absolute atomic E-state index is 0.0143. The largest absolute Gasteiger partial charge is 0.492 e. The van der Waals surface area contributed by atoms with Gasteiger partial charge < -0.3 is 19.4 Å². The number of aryl methyl sites for hydroxylation is 1. The van der Waals surface area contributed by atoms with Crippen molar-refractivity contribution in [2.45, 2.75) is 27.2 Å². The zero-order valence-corrected chi connectivity index (χ0v) is 18.6. The van der Waals surface area contributed by atoms with Gasteiger partial charge in [0.15, 0.2) is 0 Å². The van der Waals surface area contributed by atoms with E-state index in [9.17, 15) is 9.59 Å². The number of para-hydroxylation sites is 2. The SMILES string of the molecule is CCOc1ccccc1N1CC(C(=O)N2CCN(c3cccc(C)c3C)CC2)CC1=O. The van der Waals surface area contributed by atoms with E-state index in [0.29, 0.717) is 32.0 Å². The molecule has 0 aromatic heterocycles. The second-order valence-electron chi connectivity index (χ2n) is 8.34. The van der Waals surface area contributed by atoms with E-state index >= 15 is 0 Å². The molecule has 2 aliphatic rings. The first-order chi connectivity index (χ1) is 15.0. The molecule has 2 aliphatic heterocycles. The maximum atomic E-state index is 13.2. The Morgan fingerprint density at radius 3 is 2.45 bits per heavy atom. The first-order valence-electron chi connectivity index (χ1n) is 11.1. The Morgan fingerprint density at radius 2 is 1.71 bits per heavy atom. The summed E-state index contributed by atoms with van der Waals surface area (Å²) in [6.07, 6.45) is 0.260. The van der Waals surface area contributed by atoms with Crippen molar-refractivity contribution in [1.82, 2.24) is 4.90 Å². The molecule has 6 heteroatoms. The normalized spacial score (nSPS) is 19.1. The van der Waals surface area contributed by atoms with Gasteiger partial charge in [0.1, 0.15) is 5.75 Å². The summed E-state index contributed by atoms with van der Waals surface area (Å²) in [5.41, 5.74) is 4.59. The van der Waals surface area contributed by atoms with Crippen LogP contribution in [0, 0.1) is 19.8 Å². The van der Waals surface area contributed by atoms with Gasteiger partial charge in [0.05, 0.1) is 18.2 Å². The summed E-state index contributed by atoms with van der Waals surface area (Å²) >= 11 is 0. The number of amides is 2. The predicted octanol–water partition coefficient (Wildman–Crippen LogP) is 3.40. The molecule has 0 spiro atoms. The first kappa shape index (κ1) is 21.2. The maximum absolute atomic E-state index is 13.2. The molecule has 0 saturated carbocycles. The number of carbonyl (C=O) groups is 2. The highest BCUT2D eigenvalue weighted by Gasteiger charge is 2.38. The molecule has 1 atom stereocenters. The topological polar surface area (TPSA) is 53.1 Å². The predicted molar refractivity (Wildman–Crippen MR) is 123 cm³/mol. The fraction of sp³-hybridized carbons (Fsp3) is 0.440. The lowest BCUT2D eigenvalue weighted by Gasteiger charge is -2.38. The van der Waals surface area contributed by atoms with Crippen LogP contribution in [-0.2, 0) is 9.59 Å². The standard InChI is InChI=1S/C25H31N3O3/c1-4-31-23-11-6-5-9-22(23)28-17-20(16-24(28)29)25(30)27-14-12-26(13-15-27)21-10-7-8-18(2)19(21)3/h5-11,20H,4,12-17H2,1-3H3. The molecule has 0 radical (unpaired) electrons. The van der Waals surface area contributed by atoms with Crippen LogP contribution in [0.4, 0.5) is 11.4 Å². The van der Waals surface area contributed by atoms with Crippen molar-refractivity contribution in [3.8, 4) is 5.75 Å². The van der Waals surface area contributed by atoms with Gasteiger partial charge >= 0.3 is 0 Å². The Labute approximate surface area is 184 Å². The Kier molecular flexibility index (Phi) is 6.16. The Bertz CT molecular complexity index is 966. The molecule has 1 unspecified atom stereocenters. The minimum Gasteiger partial charge on any atom is -0.492 e. The number of nitrogens with zero attached hydrogens (tertiary/aromatic N) is 3. The molecule has 2 aromatic rings. The average Bonchev–Trinajstić information content (AvgIpc) is 3.17. The van der Waals surface area contributed by atoms with E-state index in [2.05, 4.69) is 36.9 Å². The third-order valence-corrected chi connectivity index (χ3v) is 6.44. The van der Waals surface area contributed by atoms with Crippen LogP contribution in [0.3, 0.4) is 0 Å². The van der Waals surface area contributed by atoms with Crippen LogP contribution in [0.5, 0.6) is 5.75 Å². The van der Waals surface area contributed by atoms with Gasteiger partial charge in [-0.05, 0) is 50.1 Å². The minimum atomic E-state index is -0.297. The molecule has 2 amide bonds. The molecular weight excluding hydrogens is 390 g/mol. The first-order valence-corrected chi connectivity index (χ1v) is 11.1. The third kappa shape index (κ3) is 4.24. The summed E-state index contributed by atoms with van der Waals surface area (Å²) in [6, 6.07) is 13.9. The summed E-state index contributed by atoms with van der Waals surface area (Å²) in [7, 11) is 0. The van der Waals surface area contributed by atoms with Crippen LogP contribution in [0.15, 0.2) is 42.5 Å². The molecule has 0 N–H and O–H groups in total. The van der Waals surface area contributed by atoms with Gasteiger partial charge in [0, 0.05) is 44.8 Å². The summed E-state index contributed by atoms with van der Waals surface area (Å²) in [5, 5.41) is 0. The monoisotopic (exact) mass is 421 g/mol. The molecule has 2 aromatic carbocycles. The smallest absolute Gasteiger partial charge is 0.228 e. The van der Waals surface area contributed by atoms with Crippen LogP contribution in [0.25, 0.3) is 0 Å². The second kappa shape index (κ2) is 9.00. The van der Waals surface area contributed by atoms with Gasteiger partial charge in [0.2, 0.25) is 11.8 Å². The van der Waals surface area contributed by atoms with E-state index in [1.807, 2.05) is 36.1 Å². The van der Waals surface area contributed by atoms with Crippen molar-refractivity contribution in [2.75, 3.05) is 49.1 Å². The van der Waals surface area contributed by atoms with Crippen molar-refractivity contribution in [2.24, 2.45) is 5.92 Å². The number of hydrogen-bond acceptors (Lipinski definition) is 4. The van der Waals surface area contributed by atoms with Gasteiger partial charge in [-0.1, -0.05) is 24.3 Å². The van der Waals surface area contributed by atoms with Crippen molar-refractivity contribution in [3.05, 3.63) is 53.6 Å². The van der Waals surface area contributed by atoms with Gasteiger partial charge in [0.25, 0.3) is 0 Å². The number of ether oxygens (including phenoxy) is 1. The molecular formula is C25H31N3O3. The number of piperazine rings is 1. The van der Waals surface area contributed by atoms with E-state index in [1.54, 1.807) is 4.90 Å². The van der Waals surface area contributed by atoms with Crippen molar-refractivity contribution < 1.29 is 14.3 Å². The summed E-state index contributed by atoms with van der Waals surface area (Å²) < 4.78 is 5.69. The lowest BCUT2D eigenvalue weighted by molar-refractivity contribution is -0.136. The summed E-state index contributed by atoms with van der Waals surface area (Å²) in [5.74, 6) is 0.466. The van der Waals surface area contributed by atoms with Gasteiger partial charge in [-0.15, -0.1) is 0 Å². The van der Waals surface area contributed by atoms with Gasteiger partial charge in [-0.3, -0.25) is 9.59 Å². The zero-order chi connectivity index (χ0) is 22.0. The van der Waals surface area contributed by atoms with Gasteiger partial charge in [-0.25, -0.2) is 0 Å². The fourth-order valence-electron chi connectivity index (χ4n) is 4.57. The van der Waals surface area contributed by atoms with Crippen molar-refractivity contribution in [3.63, 3.8) is 0 Å². The van der Waals surface area contributed by atoms with Gasteiger partial charge in [-0.2, -0.15) is 0 Å². The van der Waals surface area contributed by atoms with Crippen LogP contribution < -0.4 is 14.5 Å². The second-order valence-corrected chi connectivity index (χ2v) is 8.34. The highest BCUT2D eigenvalue weighted by molar-refractivity contribution is 6.01. The molecule has 2 fully saturated rings. The number of benzene rings is 2. The molecule has 4 rings (SSSR count). The Balaban J connectivity index is 1.40. The molecule has 31 heavy (non-hydrogen) atoms. The lowest BCUT2D eigenvalue weighted by Crippen LogP contribution is -2.51. The molecule has 2 heterocycles. The summed E-state index contributed by atoms with van der Waals surface area (Å²) in [6.45, 7) is 10.2. The number of rotatable bonds is 5. The fourth-order valence-corrected chi connectivity index (χ4v) is 4.57. The molecule has 0 bridgehead atoms. The third-order valence-electron chi connectivity index (χ3n) is 6.44.